The molecule has 7 N–H and O–H groups in total. The smallest absolute Gasteiger partial charge is 0.330 e. The first-order valence-corrected chi connectivity index (χ1v) is 13.6. The van der Waals surface area contributed by atoms with Crippen LogP contribution >= 0.6 is 0 Å². The van der Waals surface area contributed by atoms with Gasteiger partial charge in [0.1, 0.15) is 42.9 Å². The van der Waals surface area contributed by atoms with Crippen LogP contribution in [0.15, 0.2) is 36.4 Å². The summed E-state index contributed by atoms with van der Waals surface area (Å²) < 4.78 is 43.1. The molecule has 8 atom stereocenters. The van der Waals surface area contributed by atoms with E-state index >= 15 is 0 Å². The van der Waals surface area contributed by atoms with Crippen molar-refractivity contribution in [3.05, 3.63) is 42.0 Å². The number of phenolic OH excluding ortho intramolecular Hbond substituents is 2. The minimum absolute atomic E-state index is 0.113. The van der Waals surface area contributed by atoms with Gasteiger partial charge >= 0.3 is 5.97 Å². The van der Waals surface area contributed by atoms with Gasteiger partial charge in [0.15, 0.2) is 34.9 Å². The maximum Gasteiger partial charge on any atom is 0.330 e. The molecule has 0 saturated carbocycles. The molecule has 0 bridgehead atoms. The fraction of sp³-hybridized carbons (Fsp3) is 0.483. The average Bonchev–Trinajstić information content (AvgIpc) is 3.32. The molecule has 2 aromatic rings. The molecular weight excluding hydrogens is 604 g/mol. The summed E-state index contributed by atoms with van der Waals surface area (Å²) in [6.07, 6.45) is -8.65. The zero-order chi connectivity index (χ0) is 32.9. The highest BCUT2D eigenvalue weighted by Gasteiger charge is 2.51. The van der Waals surface area contributed by atoms with Crippen molar-refractivity contribution in [1.29, 1.82) is 0 Å². The molecule has 0 amide bonds. The molecule has 2 fully saturated rings. The molecule has 16 heteroatoms. The number of aliphatic hydroxyl groups is 5. The van der Waals surface area contributed by atoms with E-state index in [2.05, 4.69) is 0 Å². The number of methoxy groups -OCH3 is 3. The number of carbonyl (C=O) groups excluding carboxylic acids is 1. The third-order valence-corrected chi connectivity index (χ3v) is 7.17. The number of esters is 1. The van der Waals surface area contributed by atoms with E-state index in [1.54, 1.807) is 0 Å². The lowest BCUT2D eigenvalue weighted by atomic mass is 9.99. The summed E-state index contributed by atoms with van der Waals surface area (Å²) in [5.74, 6) is -0.690. The Balaban J connectivity index is 1.33. The van der Waals surface area contributed by atoms with Gasteiger partial charge in [-0.15, -0.1) is 0 Å². The summed E-state index contributed by atoms with van der Waals surface area (Å²) in [6, 6.07) is 6.77. The van der Waals surface area contributed by atoms with Crippen LogP contribution in [0.2, 0.25) is 0 Å². The first kappa shape index (κ1) is 34.0. The van der Waals surface area contributed by atoms with Gasteiger partial charge in [0, 0.05) is 18.2 Å². The van der Waals surface area contributed by atoms with E-state index in [1.807, 2.05) is 0 Å². The third-order valence-electron chi connectivity index (χ3n) is 7.17. The molecule has 45 heavy (non-hydrogen) atoms. The summed E-state index contributed by atoms with van der Waals surface area (Å²) in [5.41, 5.74) is -1.66. The Bertz CT molecular complexity index is 1320. The molecule has 16 nitrogen and oxygen atoms in total. The van der Waals surface area contributed by atoms with E-state index in [4.69, 9.17) is 37.9 Å². The zero-order valence-electron chi connectivity index (χ0n) is 24.5. The van der Waals surface area contributed by atoms with Crippen LogP contribution in [0.3, 0.4) is 0 Å². The highest BCUT2D eigenvalue weighted by Crippen LogP contribution is 2.41. The molecule has 0 aliphatic carbocycles. The second-order valence-electron chi connectivity index (χ2n) is 10.2. The summed E-state index contributed by atoms with van der Waals surface area (Å²) >= 11 is 0. The van der Waals surface area contributed by atoms with Crippen LogP contribution in [-0.2, 0) is 23.7 Å². The van der Waals surface area contributed by atoms with Crippen LogP contribution in [0, 0.1) is 0 Å². The molecule has 0 unspecified atom stereocenters. The Labute approximate surface area is 257 Å². The van der Waals surface area contributed by atoms with E-state index in [0.29, 0.717) is 5.56 Å². The molecular formula is C29H36O16. The van der Waals surface area contributed by atoms with Gasteiger partial charge < -0.3 is 73.6 Å². The van der Waals surface area contributed by atoms with Crippen molar-refractivity contribution in [3.8, 4) is 34.5 Å². The number of hydrogen-bond donors (Lipinski definition) is 7. The molecule has 2 aliphatic heterocycles. The Hall–Kier alpha value is -3.87. The van der Waals surface area contributed by atoms with E-state index < -0.39 is 74.5 Å². The molecule has 0 aromatic heterocycles. The molecule has 0 spiro atoms. The maximum absolute atomic E-state index is 12.1. The number of aromatic hydroxyl groups is 2. The zero-order valence-corrected chi connectivity index (χ0v) is 24.5. The van der Waals surface area contributed by atoms with Gasteiger partial charge in [-0.3, -0.25) is 0 Å². The highest BCUT2D eigenvalue weighted by molar-refractivity contribution is 5.87. The predicted octanol–water partition coefficient (Wildman–Crippen LogP) is -0.969. The predicted molar refractivity (Wildman–Crippen MR) is 150 cm³/mol. The fourth-order valence-electron chi connectivity index (χ4n) is 4.58. The van der Waals surface area contributed by atoms with Crippen molar-refractivity contribution in [2.75, 3.05) is 41.2 Å². The first-order valence-electron chi connectivity index (χ1n) is 13.6. The van der Waals surface area contributed by atoms with Gasteiger partial charge in [-0.2, -0.15) is 0 Å². The van der Waals surface area contributed by atoms with E-state index in [0.717, 1.165) is 6.08 Å². The van der Waals surface area contributed by atoms with Gasteiger partial charge in [-0.25, -0.2) is 4.79 Å². The van der Waals surface area contributed by atoms with Gasteiger partial charge in [0.2, 0.25) is 12.0 Å². The highest BCUT2D eigenvalue weighted by atomic mass is 16.7. The van der Waals surface area contributed by atoms with Crippen molar-refractivity contribution < 1.29 is 78.4 Å². The van der Waals surface area contributed by atoms with Crippen molar-refractivity contribution in [1.82, 2.24) is 0 Å². The monoisotopic (exact) mass is 640 g/mol. The number of carbonyl (C=O) groups is 1. The Morgan fingerprint density at radius 2 is 1.62 bits per heavy atom. The number of ether oxygens (including phenoxy) is 8. The van der Waals surface area contributed by atoms with Gasteiger partial charge in [0.05, 0.1) is 34.5 Å². The summed E-state index contributed by atoms with van der Waals surface area (Å²) in [6.45, 7) is -1.64. The Kier molecular flexibility index (Phi) is 10.9. The maximum atomic E-state index is 12.1. The third kappa shape index (κ3) is 7.69. The molecule has 2 heterocycles. The van der Waals surface area contributed by atoms with Crippen molar-refractivity contribution in [3.63, 3.8) is 0 Å². The van der Waals surface area contributed by atoms with Crippen molar-refractivity contribution in [2.45, 2.75) is 48.7 Å². The van der Waals surface area contributed by atoms with Gasteiger partial charge in [0.25, 0.3) is 0 Å². The second-order valence-corrected chi connectivity index (χ2v) is 10.2. The average molecular weight is 641 g/mol. The normalized spacial score (nSPS) is 29.8. The van der Waals surface area contributed by atoms with E-state index in [1.165, 1.54) is 57.7 Å². The van der Waals surface area contributed by atoms with Gasteiger partial charge in [-0.05, 0) is 23.8 Å². The lowest BCUT2D eigenvalue weighted by Crippen LogP contribution is -2.60. The van der Waals surface area contributed by atoms with E-state index in [-0.39, 0.29) is 34.5 Å². The quantitative estimate of drug-likeness (QED) is 0.0840. The number of hydrogen-bond acceptors (Lipinski definition) is 16. The molecule has 4 rings (SSSR count). The van der Waals surface area contributed by atoms with Crippen molar-refractivity contribution >= 4 is 12.0 Å². The standard InChI is InChI=1S/C29H36O16/c1-38-18-9-15(10-19(39-2)25(18)40-3)44-27-24(35)23(34)22(33)20(45-27)11-41-28-26(36)29(37,13-43-28)12-42-21(32)7-5-14-4-6-16(30)17(31)8-14/h4-10,20,22-24,26-28,30-31,33-37H,11-13H2,1-3H3/t20-,22-,23+,24-,26+,27-,28-,29-/m1/s1. The molecule has 2 aliphatic rings. The number of phenols is 2. The minimum atomic E-state index is -2.05. The van der Waals surface area contributed by atoms with Crippen LogP contribution < -0.4 is 18.9 Å². The van der Waals surface area contributed by atoms with E-state index in [9.17, 15) is 40.5 Å². The lowest BCUT2D eigenvalue weighted by molar-refractivity contribution is -0.289. The lowest BCUT2D eigenvalue weighted by Gasteiger charge is -2.40. The van der Waals surface area contributed by atoms with Crippen LogP contribution in [0.1, 0.15) is 5.56 Å². The summed E-state index contributed by atoms with van der Waals surface area (Å²) in [4.78, 5) is 12.1. The molecule has 2 saturated heterocycles. The second kappa shape index (κ2) is 14.5. The van der Waals surface area contributed by atoms with Crippen LogP contribution in [0.4, 0.5) is 0 Å². The summed E-state index contributed by atoms with van der Waals surface area (Å²) in [5, 5.41) is 71.8. The molecule has 248 valence electrons. The number of rotatable bonds is 12. The molecule has 0 radical (unpaired) electrons. The topological polar surface area (TPSA) is 233 Å². The van der Waals surface area contributed by atoms with Crippen molar-refractivity contribution in [2.24, 2.45) is 0 Å². The van der Waals surface area contributed by atoms with Crippen LogP contribution in [-0.4, -0.2) is 132 Å². The molecule has 2 aromatic carbocycles. The largest absolute Gasteiger partial charge is 0.504 e. The number of aliphatic hydroxyl groups excluding tert-OH is 4. The Morgan fingerprint density at radius 1 is 0.933 bits per heavy atom. The minimum Gasteiger partial charge on any atom is -0.504 e. The van der Waals surface area contributed by atoms with Gasteiger partial charge in [-0.1, -0.05) is 6.07 Å². The van der Waals surface area contributed by atoms with Crippen LogP contribution in [0.5, 0.6) is 34.5 Å². The summed E-state index contributed by atoms with van der Waals surface area (Å²) in [7, 11) is 4.21. The Morgan fingerprint density at radius 3 is 2.24 bits per heavy atom. The van der Waals surface area contributed by atoms with Crippen LogP contribution in [0.25, 0.3) is 6.08 Å². The fourth-order valence-corrected chi connectivity index (χ4v) is 4.58. The number of benzene rings is 2. The first-order chi connectivity index (χ1) is 21.4. The SMILES string of the molecule is COc1cc(O[C@@H]2O[C@H](CO[C@@H]3OC[C@](O)(COC(=O)C=Cc4ccc(O)c(O)c4)[C@H]3O)[C@@H](O)[C@H](O)[C@H]2O)cc(OC)c1OC.